The van der Waals surface area contributed by atoms with Crippen molar-refractivity contribution in [1.29, 1.82) is 0 Å². The number of piperazine rings is 1. The summed E-state index contributed by atoms with van der Waals surface area (Å²) < 4.78 is 32.7. The highest BCUT2D eigenvalue weighted by Crippen LogP contribution is 2.27. The predicted molar refractivity (Wildman–Crippen MR) is 122 cm³/mol. The van der Waals surface area contributed by atoms with E-state index in [1.165, 1.54) is 18.2 Å². The van der Waals surface area contributed by atoms with Crippen LogP contribution in [0.3, 0.4) is 0 Å². The van der Waals surface area contributed by atoms with Crippen molar-refractivity contribution in [1.82, 2.24) is 9.62 Å². The van der Waals surface area contributed by atoms with E-state index >= 15 is 0 Å². The minimum absolute atomic E-state index is 0.0734. The number of halogens is 1. The van der Waals surface area contributed by atoms with Crippen molar-refractivity contribution >= 4 is 33.2 Å². The van der Waals surface area contributed by atoms with Crippen molar-refractivity contribution in [3.05, 3.63) is 53.6 Å². The lowest BCUT2D eigenvalue weighted by atomic mass is 10.2. The summed E-state index contributed by atoms with van der Waals surface area (Å²) in [5.74, 6) is 0.159. The molecule has 0 unspecified atom stereocenters. The summed E-state index contributed by atoms with van der Waals surface area (Å²) in [5.41, 5.74) is 1.15. The first kappa shape index (κ1) is 23.4. The summed E-state index contributed by atoms with van der Waals surface area (Å²) in [6, 6.07) is 14.4. The molecule has 0 bridgehead atoms. The number of nitrogens with zero attached hydrogens (tertiary/aromatic N) is 2. The van der Waals surface area contributed by atoms with E-state index in [2.05, 4.69) is 21.8 Å². The van der Waals surface area contributed by atoms with Crippen LogP contribution in [-0.2, 0) is 14.8 Å². The quantitative estimate of drug-likeness (QED) is 0.575. The van der Waals surface area contributed by atoms with Crippen LogP contribution in [0, 0.1) is 0 Å². The highest BCUT2D eigenvalue weighted by molar-refractivity contribution is 7.89. The molecule has 31 heavy (non-hydrogen) atoms. The molecule has 1 aliphatic rings. The average molecular weight is 466 g/mol. The standard InChI is InChI=1S/C22H28ClN3O4S/c1-2-3-11-24-31(28,29)19-9-10-21(20(23)16-19)30-17-22(27)26-14-12-25(13-15-26)18-7-5-4-6-8-18/h4-10,16,24H,2-3,11-15,17H2,1H3. The van der Waals surface area contributed by atoms with Crippen molar-refractivity contribution in [2.24, 2.45) is 0 Å². The Morgan fingerprint density at radius 3 is 2.45 bits per heavy atom. The summed E-state index contributed by atoms with van der Waals surface area (Å²) >= 11 is 6.20. The SMILES string of the molecule is CCCCNS(=O)(=O)c1ccc(OCC(=O)N2CCN(c3ccccc3)CC2)c(Cl)c1. The van der Waals surface area contributed by atoms with E-state index in [4.69, 9.17) is 16.3 Å². The normalized spacial score (nSPS) is 14.5. The van der Waals surface area contributed by atoms with Crippen molar-refractivity contribution in [3.8, 4) is 5.75 Å². The van der Waals surface area contributed by atoms with E-state index in [0.717, 1.165) is 31.6 Å². The van der Waals surface area contributed by atoms with E-state index in [-0.39, 0.29) is 28.2 Å². The Bertz CT molecular complexity index is 978. The number of unbranched alkanes of at least 4 members (excludes halogenated alkanes) is 1. The van der Waals surface area contributed by atoms with Crippen LogP contribution in [-0.4, -0.2) is 58.6 Å². The second-order valence-electron chi connectivity index (χ2n) is 7.34. The third-order valence-electron chi connectivity index (χ3n) is 5.14. The second-order valence-corrected chi connectivity index (χ2v) is 9.51. The van der Waals surface area contributed by atoms with Gasteiger partial charge in [0.15, 0.2) is 6.61 Å². The van der Waals surface area contributed by atoms with Gasteiger partial charge in [0.25, 0.3) is 5.91 Å². The maximum Gasteiger partial charge on any atom is 0.260 e. The Balaban J connectivity index is 1.51. The van der Waals surface area contributed by atoms with E-state index in [9.17, 15) is 13.2 Å². The molecule has 0 aromatic heterocycles. The first-order chi connectivity index (χ1) is 14.9. The summed E-state index contributed by atoms with van der Waals surface area (Å²) in [5, 5.41) is 0.153. The van der Waals surface area contributed by atoms with Gasteiger partial charge in [-0.25, -0.2) is 13.1 Å². The molecule has 9 heteroatoms. The zero-order valence-electron chi connectivity index (χ0n) is 17.6. The number of hydrogen-bond acceptors (Lipinski definition) is 5. The molecule has 0 saturated carbocycles. The number of sulfonamides is 1. The average Bonchev–Trinajstić information content (AvgIpc) is 2.79. The van der Waals surface area contributed by atoms with E-state index in [1.54, 1.807) is 4.90 Å². The molecule has 7 nitrogen and oxygen atoms in total. The van der Waals surface area contributed by atoms with Gasteiger partial charge in [-0.05, 0) is 36.8 Å². The number of benzene rings is 2. The summed E-state index contributed by atoms with van der Waals surface area (Å²) in [4.78, 5) is 16.6. The molecule has 1 saturated heterocycles. The van der Waals surface area contributed by atoms with Gasteiger partial charge in [-0.3, -0.25) is 4.79 Å². The number of ether oxygens (including phenoxy) is 1. The Morgan fingerprint density at radius 1 is 1.10 bits per heavy atom. The zero-order valence-corrected chi connectivity index (χ0v) is 19.2. The first-order valence-corrected chi connectivity index (χ1v) is 12.3. The molecule has 168 valence electrons. The van der Waals surface area contributed by atoms with Crippen LogP contribution in [0.15, 0.2) is 53.4 Å². The zero-order chi connectivity index (χ0) is 22.3. The minimum Gasteiger partial charge on any atom is -0.482 e. The molecule has 1 N–H and O–H groups in total. The first-order valence-electron chi connectivity index (χ1n) is 10.4. The Hall–Kier alpha value is -2.29. The molecule has 0 atom stereocenters. The number of amides is 1. The van der Waals surface area contributed by atoms with Gasteiger partial charge in [0.1, 0.15) is 5.75 Å². The van der Waals surface area contributed by atoms with Gasteiger partial charge in [-0.2, -0.15) is 0 Å². The number of nitrogens with one attached hydrogen (secondary N) is 1. The molecule has 0 aliphatic carbocycles. The predicted octanol–water partition coefficient (Wildman–Crippen LogP) is 3.15. The van der Waals surface area contributed by atoms with E-state index < -0.39 is 10.0 Å². The molecule has 1 amide bonds. The molecule has 2 aromatic carbocycles. The Kier molecular flexibility index (Phi) is 8.17. The highest BCUT2D eigenvalue weighted by atomic mass is 35.5. The lowest BCUT2D eigenvalue weighted by molar-refractivity contribution is -0.133. The summed E-state index contributed by atoms with van der Waals surface area (Å²) in [7, 11) is -3.62. The van der Waals surface area contributed by atoms with Crippen molar-refractivity contribution in [3.63, 3.8) is 0 Å². The molecule has 0 spiro atoms. The second kappa shape index (κ2) is 10.8. The van der Waals surface area contributed by atoms with E-state index in [0.29, 0.717) is 19.6 Å². The van der Waals surface area contributed by atoms with E-state index in [1.807, 2.05) is 25.1 Å². The lowest BCUT2D eigenvalue weighted by Crippen LogP contribution is -2.50. The van der Waals surface area contributed by atoms with Crippen LogP contribution in [0.5, 0.6) is 5.75 Å². The number of carbonyl (C=O) groups is 1. The molecule has 0 radical (unpaired) electrons. The van der Waals surface area contributed by atoms with Gasteiger partial charge in [-0.1, -0.05) is 43.1 Å². The Morgan fingerprint density at radius 2 is 1.81 bits per heavy atom. The summed E-state index contributed by atoms with van der Waals surface area (Å²) in [6.07, 6.45) is 1.65. The third kappa shape index (κ3) is 6.35. The van der Waals surface area contributed by atoms with Gasteiger partial charge in [0.05, 0.1) is 9.92 Å². The van der Waals surface area contributed by atoms with Crippen LogP contribution in [0.25, 0.3) is 0 Å². The maximum atomic E-state index is 12.5. The third-order valence-corrected chi connectivity index (χ3v) is 6.89. The molecule has 3 rings (SSSR count). The van der Waals surface area contributed by atoms with Crippen LogP contribution in [0.2, 0.25) is 5.02 Å². The van der Waals surface area contributed by atoms with Crippen LogP contribution in [0.4, 0.5) is 5.69 Å². The van der Waals surface area contributed by atoms with Gasteiger partial charge >= 0.3 is 0 Å². The van der Waals surface area contributed by atoms with Crippen LogP contribution < -0.4 is 14.4 Å². The van der Waals surface area contributed by atoms with Crippen molar-refractivity contribution < 1.29 is 17.9 Å². The van der Waals surface area contributed by atoms with Gasteiger partial charge in [0.2, 0.25) is 10.0 Å². The fourth-order valence-electron chi connectivity index (χ4n) is 3.32. The van der Waals surface area contributed by atoms with Crippen LogP contribution >= 0.6 is 11.6 Å². The molecule has 1 heterocycles. The fraction of sp³-hybridized carbons (Fsp3) is 0.409. The van der Waals surface area contributed by atoms with Crippen LogP contribution in [0.1, 0.15) is 19.8 Å². The largest absolute Gasteiger partial charge is 0.482 e. The lowest BCUT2D eigenvalue weighted by Gasteiger charge is -2.36. The smallest absolute Gasteiger partial charge is 0.260 e. The molecule has 1 fully saturated rings. The minimum atomic E-state index is -3.62. The maximum absolute atomic E-state index is 12.5. The molecular weight excluding hydrogens is 438 g/mol. The number of anilines is 1. The number of para-hydroxylation sites is 1. The van der Waals surface area contributed by atoms with Gasteiger partial charge in [-0.15, -0.1) is 0 Å². The topological polar surface area (TPSA) is 78.9 Å². The van der Waals surface area contributed by atoms with Crippen molar-refractivity contribution in [2.75, 3.05) is 44.2 Å². The van der Waals surface area contributed by atoms with Gasteiger partial charge in [0, 0.05) is 38.4 Å². The fourth-order valence-corrected chi connectivity index (χ4v) is 4.72. The molecule has 2 aromatic rings. The Labute approximate surface area is 189 Å². The number of rotatable bonds is 9. The number of carbonyl (C=O) groups excluding carboxylic acids is 1. The number of hydrogen-bond donors (Lipinski definition) is 1. The monoisotopic (exact) mass is 465 g/mol. The highest BCUT2D eigenvalue weighted by Gasteiger charge is 2.22. The van der Waals surface area contributed by atoms with Crippen molar-refractivity contribution in [2.45, 2.75) is 24.7 Å². The van der Waals surface area contributed by atoms with Gasteiger partial charge < -0.3 is 14.5 Å². The molecular formula is C22H28ClN3O4S. The summed E-state index contributed by atoms with van der Waals surface area (Å²) in [6.45, 7) is 4.97. The molecule has 1 aliphatic heterocycles.